The number of carbonyl (C=O) groups excluding carboxylic acids is 2. The van der Waals surface area contributed by atoms with Crippen LogP contribution < -0.4 is 16.2 Å². The van der Waals surface area contributed by atoms with Gasteiger partial charge >= 0.3 is 0 Å². The predicted molar refractivity (Wildman–Crippen MR) is 167 cm³/mol. The van der Waals surface area contributed by atoms with Crippen LogP contribution in [0, 0.1) is 13.8 Å². The molecule has 0 radical (unpaired) electrons. The SMILES string of the molecule is CCn1c(-c2ccc(-c3c(C)on(C)c3=O)nc2)cc2cc(C)nc(C(=O)Nc3cccc(C(=O)Nc4ccn(C)n4)c3)c21. The first-order chi connectivity index (χ1) is 21.1. The van der Waals surface area contributed by atoms with Gasteiger partial charge in [0.05, 0.1) is 16.9 Å². The van der Waals surface area contributed by atoms with Gasteiger partial charge in [0.15, 0.2) is 11.5 Å². The number of benzene rings is 1. The summed E-state index contributed by atoms with van der Waals surface area (Å²) in [5.74, 6) is 0.181. The van der Waals surface area contributed by atoms with Crippen LogP contribution >= 0.6 is 0 Å². The Balaban J connectivity index is 1.32. The number of carbonyl (C=O) groups is 2. The molecule has 0 aliphatic heterocycles. The van der Waals surface area contributed by atoms with Gasteiger partial charge in [0.25, 0.3) is 17.4 Å². The molecule has 0 saturated carbocycles. The lowest BCUT2D eigenvalue weighted by Crippen LogP contribution is -2.17. The predicted octanol–water partition coefficient (Wildman–Crippen LogP) is 4.93. The highest BCUT2D eigenvalue weighted by Crippen LogP contribution is 2.31. The Labute approximate surface area is 251 Å². The second-order valence-corrected chi connectivity index (χ2v) is 10.4. The quantitative estimate of drug-likeness (QED) is 0.268. The van der Waals surface area contributed by atoms with Gasteiger partial charge < -0.3 is 19.7 Å². The van der Waals surface area contributed by atoms with Crippen LogP contribution in [0.1, 0.15) is 39.2 Å². The van der Waals surface area contributed by atoms with Crippen molar-refractivity contribution in [1.29, 1.82) is 0 Å². The van der Waals surface area contributed by atoms with E-state index >= 15 is 0 Å². The first kappa shape index (κ1) is 28.3. The molecule has 0 unspecified atom stereocenters. The highest BCUT2D eigenvalue weighted by molar-refractivity contribution is 6.12. The summed E-state index contributed by atoms with van der Waals surface area (Å²) in [7, 11) is 3.33. The Morgan fingerprint density at radius 2 is 1.80 bits per heavy atom. The fourth-order valence-electron chi connectivity index (χ4n) is 5.34. The second kappa shape index (κ2) is 11.1. The van der Waals surface area contributed by atoms with Gasteiger partial charge in [0.2, 0.25) is 0 Å². The van der Waals surface area contributed by atoms with Crippen molar-refractivity contribution in [3.05, 3.63) is 100 Å². The Bertz CT molecular complexity index is 2110. The summed E-state index contributed by atoms with van der Waals surface area (Å²) in [4.78, 5) is 48.2. The number of amides is 2. The number of nitrogens with one attached hydrogen (secondary N) is 2. The van der Waals surface area contributed by atoms with E-state index in [0.29, 0.717) is 51.8 Å². The fraction of sp³-hybridized carbons (Fsp3) is 0.188. The number of hydrogen-bond acceptors (Lipinski definition) is 7. The Morgan fingerprint density at radius 3 is 2.45 bits per heavy atom. The molecular formula is C32H30N8O4. The smallest absolute Gasteiger partial charge is 0.291 e. The van der Waals surface area contributed by atoms with Crippen molar-refractivity contribution in [1.82, 2.24) is 29.1 Å². The number of aromatic nitrogens is 6. The third-order valence-electron chi connectivity index (χ3n) is 7.31. The highest BCUT2D eigenvalue weighted by atomic mass is 16.5. The highest BCUT2D eigenvalue weighted by Gasteiger charge is 2.21. The van der Waals surface area contributed by atoms with Crippen LogP contribution in [0.3, 0.4) is 0 Å². The largest absolute Gasteiger partial charge is 0.381 e. The van der Waals surface area contributed by atoms with Gasteiger partial charge in [-0.05, 0) is 63.2 Å². The monoisotopic (exact) mass is 590 g/mol. The van der Waals surface area contributed by atoms with E-state index in [1.165, 1.54) is 4.74 Å². The number of nitrogens with zero attached hydrogens (tertiary/aromatic N) is 6. The van der Waals surface area contributed by atoms with Gasteiger partial charge in [-0.1, -0.05) is 6.07 Å². The third-order valence-corrected chi connectivity index (χ3v) is 7.31. The van der Waals surface area contributed by atoms with Crippen molar-refractivity contribution >= 4 is 34.2 Å². The van der Waals surface area contributed by atoms with Crippen LogP contribution in [-0.2, 0) is 20.6 Å². The lowest BCUT2D eigenvalue weighted by Gasteiger charge is -2.12. The number of aryl methyl sites for hydroxylation is 5. The summed E-state index contributed by atoms with van der Waals surface area (Å²) in [5, 5.41) is 10.7. The van der Waals surface area contributed by atoms with Gasteiger partial charge in [-0.15, -0.1) is 0 Å². The minimum Gasteiger partial charge on any atom is -0.381 e. The molecule has 0 aliphatic carbocycles. The van der Waals surface area contributed by atoms with E-state index in [-0.39, 0.29) is 17.2 Å². The zero-order chi connectivity index (χ0) is 31.1. The van der Waals surface area contributed by atoms with Gasteiger partial charge in [-0.2, -0.15) is 9.84 Å². The van der Waals surface area contributed by atoms with Crippen LogP contribution in [0.2, 0.25) is 0 Å². The van der Waals surface area contributed by atoms with Crippen LogP contribution in [0.25, 0.3) is 33.4 Å². The summed E-state index contributed by atoms with van der Waals surface area (Å²) < 4.78 is 10.2. The van der Waals surface area contributed by atoms with Gasteiger partial charge in [-0.3, -0.25) is 24.0 Å². The molecule has 222 valence electrons. The maximum atomic E-state index is 13.7. The molecule has 0 bridgehead atoms. The van der Waals surface area contributed by atoms with E-state index in [4.69, 9.17) is 4.52 Å². The van der Waals surface area contributed by atoms with E-state index in [9.17, 15) is 14.4 Å². The topological polar surface area (TPSA) is 142 Å². The lowest BCUT2D eigenvalue weighted by atomic mass is 10.1. The Kier molecular flexibility index (Phi) is 7.17. The maximum Gasteiger partial charge on any atom is 0.291 e. The molecule has 6 rings (SSSR count). The van der Waals surface area contributed by atoms with E-state index in [0.717, 1.165) is 16.6 Å². The standard InChI is InChI=1S/C32H30N8O4/c1-6-40-25(21-10-11-24(33-17-21)27-19(3)44-39(5)32(27)43)16-22-14-18(2)34-28(29(22)40)31(42)35-23-9-7-8-20(15-23)30(41)36-26-12-13-38(4)37-26/h7-17H,6H2,1-5H3,(H,35,42)(H,36,37,41). The van der Waals surface area contributed by atoms with E-state index in [2.05, 4.69) is 25.7 Å². The van der Waals surface area contributed by atoms with E-state index in [1.54, 1.807) is 74.5 Å². The minimum absolute atomic E-state index is 0.248. The molecule has 0 spiro atoms. The summed E-state index contributed by atoms with van der Waals surface area (Å²) in [6.45, 7) is 6.13. The second-order valence-electron chi connectivity index (χ2n) is 10.4. The molecule has 6 aromatic rings. The van der Waals surface area contributed by atoms with Crippen molar-refractivity contribution in [2.45, 2.75) is 27.3 Å². The average Bonchev–Trinajstić information content (AvgIpc) is 3.66. The molecule has 0 atom stereocenters. The van der Waals surface area contributed by atoms with Crippen molar-refractivity contribution in [2.75, 3.05) is 10.6 Å². The number of hydrogen-bond donors (Lipinski definition) is 2. The van der Waals surface area contributed by atoms with Gasteiger partial charge in [-0.25, -0.2) is 4.98 Å². The number of pyridine rings is 2. The summed E-state index contributed by atoms with van der Waals surface area (Å²) in [6, 6.07) is 16.0. The molecule has 0 saturated heterocycles. The molecule has 12 nitrogen and oxygen atoms in total. The normalized spacial score (nSPS) is 11.2. The molecule has 2 N–H and O–H groups in total. The molecule has 5 aromatic heterocycles. The summed E-state index contributed by atoms with van der Waals surface area (Å²) in [5.41, 5.74) is 4.82. The van der Waals surface area contributed by atoms with Crippen molar-refractivity contribution < 1.29 is 14.1 Å². The first-order valence-corrected chi connectivity index (χ1v) is 14.0. The molecule has 0 aliphatic rings. The van der Waals surface area contributed by atoms with Crippen LogP contribution in [0.4, 0.5) is 11.5 Å². The zero-order valence-electron chi connectivity index (χ0n) is 24.9. The molecule has 1 aromatic carbocycles. The van der Waals surface area contributed by atoms with Crippen LogP contribution in [0.5, 0.6) is 0 Å². The molecular weight excluding hydrogens is 560 g/mol. The maximum absolute atomic E-state index is 13.7. The zero-order valence-corrected chi connectivity index (χ0v) is 24.9. The molecule has 5 heterocycles. The number of rotatable bonds is 7. The van der Waals surface area contributed by atoms with Crippen molar-refractivity contribution in [2.24, 2.45) is 14.1 Å². The van der Waals surface area contributed by atoms with Gasteiger partial charge in [0, 0.05) is 67.0 Å². The summed E-state index contributed by atoms with van der Waals surface area (Å²) >= 11 is 0. The van der Waals surface area contributed by atoms with Crippen molar-refractivity contribution in [3.63, 3.8) is 0 Å². The number of fused-ring (bicyclic) bond motifs is 1. The first-order valence-electron chi connectivity index (χ1n) is 14.0. The van der Waals surface area contributed by atoms with Crippen molar-refractivity contribution in [3.8, 4) is 22.5 Å². The number of anilines is 2. The molecule has 12 heteroatoms. The van der Waals surface area contributed by atoms with E-state index < -0.39 is 5.91 Å². The lowest BCUT2D eigenvalue weighted by molar-refractivity contribution is 0.101. The fourth-order valence-corrected chi connectivity index (χ4v) is 5.34. The van der Waals surface area contributed by atoms with Crippen LogP contribution in [0.15, 0.2) is 76.3 Å². The Morgan fingerprint density at radius 1 is 0.977 bits per heavy atom. The van der Waals surface area contributed by atoms with Crippen LogP contribution in [-0.4, -0.2) is 40.9 Å². The van der Waals surface area contributed by atoms with Gasteiger partial charge in [0.1, 0.15) is 11.3 Å². The minimum atomic E-state index is -0.403. The third kappa shape index (κ3) is 5.17. The Hall–Kier alpha value is -5.78. The summed E-state index contributed by atoms with van der Waals surface area (Å²) in [6.07, 6.45) is 3.44. The van der Waals surface area contributed by atoms with E-state index in [1.807, 2.05) is 36.6 Å². The average molecular weight is 591 g/mol. The molecule has 44 heavy (non-hydrogen) atoms. The molecule has 0 fully saturated rings. The molecule has 2 amide bonds.